The molecular formula is C14H12ClN5O5S2. The van der Waals surface area contributed by atoms with Crippen molar-refractivity contribution < 1.29 is 24.7 Å². The molecule has 27 heavy (non-hydrogen) atoms. The van der Waals surface area contributed by atoms with Crippen molar-refractivity contribution in [2.45, 2.75) is 11.4 Å². The van der Waals surface area contributed by atoms with Crippen molar-refractivity contribution >= 4 is 63.3 Å². The molecule has 0 spiro atoms. The molecule has 0 radical (unpaired) electrons. The minimum atomic E-state index is -1.27. The molecule has 2 atom stereocenters. The second-order valence-electron chi connectivity index (χ2n) is 5.35. The molecule has 3 rings (SSSR count). The summed E-state index contributed by atoms with van der Waals surface area (Å²) in [5, 5.41) is 24.9. The lowest BCUT2D eigenvalue weighted by molar-refractivity contribution is -0.150. The highest BCUT2D eigenvalue weighted by Crippen LogP contribution is 2.40. The van der Waals surface area contributed by atoms with Crippen LogP contribution < -0.4 is 11.1 Å². The number of carboxylic acid groups (broad SMARTS) is 1. The zero-order valence-electron chi connectivity index (χ0n) is 13.3. The second kappa shape index (κ2) is 7.58. The molecule has 0 aliphatic carbocycles. The number of carboxylic acids is 1. The molecule has 2 aliphatic heterocycles. The number of nitrogens with two attached hydrogens (primary N) is 1. The number of anilines is 1. The molecule has 0 aromatic carbocycles. The van der Waals surface area contributed by atoms with Crippen LogP contribution in [0.1, 0.15) is 5.69 Å². The highest BCUT2D eigenvalue weighted by molar-refractivity contribution is 8.00. The predicted octanol–water partition coefficient (Wildman–Crippen LogP) is 0.395. The Balaban J connectivity index is 1.79. The summed E-state index contributed by atoms with van der Waals surface area (Å²) < 4.78 is 0. The number of hydrogen-bond acceptors (Lipinski definition) is 9. The van der Waals surface area contributed by atoms with Gasteiger partial charge in [-0.1, -0.05) is 16.8 Å². The van der Waals surface area contributed by atoms with Crippen LogP contribution in [0, 0.1) is 0 Å². The van der Waals surface area contributed by atoms with Gasteiger partial charge in [0.2, 0.25) is 0 Å². The molecule has 10 nitrogen and oxygen atoms in total. The van der Waals surface area contributed by atoms with Crippen molar-refractivity contribution in [1.29, 1.82) is 0 Å². The number of nitrogens with zero attached hydrogens (tertiary/aromatic N) is 3. The van der Waals surface area contributed by atoms with E-state index in [0.29, 0.717) is 11.3 Å². The van der Waals surface area contributed by atoms with Gasteiger partial charge in [-0.2, -0.15) is 0 Å². The lowest BCUT2D eigenvalue weighted by atomic mass is 10.0. The largest absolute Gasteiger partial charge is 0.477 e. The minimum Gasteiger partial charge on any atom is -0.477 e. The van der Waals surface area contributed by atoms with Crippen molar-refractivity contribution in [3.63, 3.8) is 0 Å². The monoisotopic (exact) mass is 429 g/mol. The van der Waals surface area contributed by atoms with Gasteiger partial charge < -0.3 is 21.4 Å². The lowest BCUT2D eigenvalue weighted by Gasteiger charge is -2.49. The highest BCUT2D eigenvalue weighted by Gasteiger charge is 2.54. The smallest absolute Gasteiger partial charge is 0.352 e. The Morgan fingerprint density at radius 2 is 2.26 bits per heavy atom. The average Bonchev–Trinajstić information content (AvgIpc) is 3.05. The number of carbonyl (C=O) groups excluding carboxylic acids is 2. The van der Waals surface area contributed by atoms with E-state index in [4.69, 9.17) is 22.5 Å². The maximum absolute atomic E-state index is 12.5. The molecule has 1 aromatic rings. The van der Waals surface area contributed by atoms with Gasteiger partial charge in [-0.3, -0.25) is 14.5 Å². The molecule has 0 saturated carbocycles. The summed E-state index contributed by atoms with van der Waals surface area (Å²) in [6.07, 6.45) is 1.41. The van der Waals surface area contributed by atoms with Crippen molar-refractivity contribution in [3.05, 3.63) is 34.0 Å². The van der Waals surface area contributed by atoms with E-state index in [1.807, 2.05) is 0 Å². The van der Waals surface area contributed by atoms with E-state index in [1.165, 1.54) is 28.8 Å². The number of nitrogen functional groups attached to an aromatic ring is 1. The first-order chi connectivity index (χ1) is 12.9. The Morgan fingerprint density at radius 3 is 2.81 bits per heavy atom. The summed E-state index contributed by atoms with van der Waals surface area (Å²) >= 11 is 7.86. The normalized spacial score (nSPS) is 22.6. The van der Waals surface area contributed by atoms with Gasteiger partial charge in [-0.05, 0) is 11.6 Å². The fraction of sp³-hybridized carbons (Fsp3) is 0.214. The van der Waals surface area contributed by atoms with E-state index in [0.717, 1.165) is 16.2 Å². The summed E-state index contributed by atoms with van der Waals surface area (Å²) in [7, 11) is 0. The third-order valence-electron chi connectivity index (χ3n) is 3.83. The zero-order valence-corrected chi connectivity index (χ0v) is 15.7. The van der Waals surface area contributed by atoms with Gasteiger partial charge in [-0.25, -0.2) is 9.78 Å². The summed E-state index contributed by atoms with van der Waals surface area (Å²) in [5.74, 6) is -2.38. The molecule has 3 heterocycles. The fourth-order valence-electron chi connectivity index (χ4n) is 2.67. The number of thiazole rings is 1. The SMILES string of the molecule is Nc1nc(C(=NO)C(=O)NC2C(=O)N3C(C(=O)O)=C(/C=C/Cl)CS[C@@H]23)cs1. The van der Waals surface area contributed by atoms with E-state index in [9.17, 15) is 19.5 Å². The van der Waals surface area contributed by atoms with Crippen LogP contribution in [-0.4, -0.2) is 60.9 Å². The Bertz CT molecular complexity index is 911. The maximum Gasteiger partial charge on any atom is 0.352 e. The number of nitrogens with one attached hydrogen (secondary N) is 1. The van der Waals surface area contributed by atoms with Gasteiger partial charge in [0.25, 0.3) is 11.8 Å². The summed E-state index contributed by atoms with van der Waals surface area (Å²) in [5.41, 5.74) is 6.57. The number of oxime groups is 1. The topological polar surface area (TPSA) is 158 Å². The standard InChI is InChI=1S/C14H12ClN5O5S2/c15-2-1-5-3-26-12-8(11(22)20(12)9(5)13(23)24)18-10(21)7(19-25)6-4-27-14(16)17-6/h1-2,4,8,12,25H,3H2,(H2,16,17)(H,18,21)(H,23,24)/b2-1+,19-7?/t8?,12-/m0/s1. The van der Waals surface area contributed by atoms with Crippen LogP contribution in [0.5, 0.6) is 0 Å². The molecule has 0 bridgehead atoms. The van der Waals surface area contributed by atoms with Gasteiger partial charge >= 0.3 is 5.97 Å². The summed E-state index contributed by atoms with van der Waals surface area (Å²) in [4.78, 5) is 41.3. The Morgan fingerprint density at radius 1 is 1.52 bits per heavy atom. The number of β-lactam (4-membered cyclic amide) rings is 1. The number of aliphatic carboxylic acids is 1. The quantitative estimate of drug-likeness (QED) is 0.226. The van der Waals surface area contributed by atoms with Crippen molar-refractivity contribution in [1.82, 2.24) is 15.2 Å². The Labute approximate surface area is 165 Å². The summed E-state index contributed by atoms with van der Waals surface area (Å²) in [6.45, 7) is 0. The van der Waals surface area contributed by atoms with E-state index < -0.39 is 34.9 Å². The van der Waals surface area contributed by atoms with Crippen LogP contribution in [0.4, 0.5) is 5.13 Å². The van der Waals surface area contributed by atoms with Crippen molar-refractivity contribution in [2.24, 2.45) is 5.16 Å². The van der Waals surface area contributed by atoms with Gasteiger partial charge in [0.1, 0.15) is 22.8 Å². The number of amides is 2. The van der Waals surface area contributed by atoms with Crippen LogP contribution in [0.25, 0.3) is 0 Å². The predicted molar refractivity (Wildman–Crippen MR) is 99.5 cm³/mol. The van der Waals surface area contributed by atoms with Crippen LogP contribution in [0.15, 0.2) is 33.4 Å². The number of carbonyl (C=O) groups is 3. The second-order valence-corrected chi connectivity index (χ2v) is 7.60. The van der Waals surface area contributed by atoms with Crippen molar-refractivity contribution in [2.75, 3.05) is 11.5 Å². The number of halogens is 1. The molecule has 5 N–H and O–H groups in total. The number of allylic oxidation sites excluding steroid dienone is 1. The molecule has 1 unspecified atom stereocenters. The van der Waals surface area contributed by atoms with Crippen LogP contribution >= 0.6 is 34.7 Å². The van der Waals surface area contributed by atoms with E-state index >= 15 is 0 Å². The third-order valence-corrected chi connectivity index (χ3v) is 5.93. The number of aromatic nitrogens is 1. The number of fused-ring (bicyclic) bond motifs is 1. The number of hydrogen-bond donors (Lipinski definition) is 4. The van der Waals surface area contributed by atoms with Gasteiger partial charge in [-0.15, -0.1) is 23.1 Å². The minimum absolute atomic E-state index is 0.0677. The first-order valence-electron chi connectivity index (χ1n) is 7.31. The van der Waals surface area contributed by atoms with E-state index in [2.05, 4.69) is 15.5 Å². The van der Waals surface area contributed by atoms with Crippen LogP contribution in [0.3, 0.4) is 0 Å². The number of thioether (sulfide) groups is 1. The van der Waals surface area contributed by atoms with Gasteiger partial charge in [0, 0.05) is 16.7 Å². The highest BCUT2D eigenvalue weighted by atomic mass is 35.5. The average molecular weight is 430 g/mol. The van der Waals surface area contributed by atoms with E-state index in [-0.39, 0.29) is 16.5 Å². The van der Waals surface area contributed by atoms with Crippen molar-refractivity contribution in [3.8, 4) is 0 Å². The molecule has 142 valence electrons. The van der Waals surface area contributed by atoms with Crippen LogP contribution in [-0.2, 0) is 14.4 Å². The fourth-order valence-corrected chi connectivity index (χ4v) is 4.68. The summed E-state index contributed by atoms with van der Waals surface area (Å²) in [6, 6.07) is -0.967. The molecule has 2 amide bonds. The lowest BCUT2D eigenvalue weighted by Crippen LogP contribution is -2.71. The first kappa shape index (κ1) is 19.2. The third kappa shape index (κ3) is 3.38. The Kier molecular flexibility index (Phi) is 5.39. The molecule has 2 aliphatic rings. The first-order valence-corrected chi connectivity index (χ1v) is 9.67. The zero-order chi connectivity index (χ0) is 19.7. The molecule has 13 heteroatoms. The molecule has 1 saturated heterocycles. The Hall–Kier alpha value is -2.57. The molecule has 1 aromatic heterocycles. The van der Waals surface area contributed by atoms with Gasteiger partial charge in [0.05, 0.1) is 0 Å². The molecule has 1 fully saturated rings. The van der Waals surface area contributed by atoms with Gasteiger partial charge in [0.15, 0.2) is 10.8 Å². The number of rotatable bonds is 5. The van der Waals surface area contributed by atoms with E-state index in [1.54, 1.807) is 0 Å². The molecular weight excluding hydrogens is 418 g/mol. The van der Waals surface area contributed by atoms with Crippen LogP contribution in [0.2, 0.25) is 0 Å². The maximum atomic E-state index is 12.5.